The number of benzene rings is 1. The van der Waals surface area contributed by atoms with E-state index in [4.69, 9.17) is 0 Å². The Labute approximate surface area is 149 Å². The summed E-state index contributed by atoms with van der Waals surface area (Å²) < 4.78 is 2.04. The second-order valence-corrected chi connectivity index (χ2v) is 7.33. The molecule has 2 aromatic heterocycles. The topological polar surface area (TPSA) is 59.8 Å². The average molecular weight is 358 g/mol. The van der Waals surface area contributed by atoms with Crippen LogP contribution in [-0.4, -0.2) is 26.9 Å². The third kappa shape index (κ3) is 3.85. The summed E-state index contributed by atoms with van der Waals surface area (Å²) in [7, 11) is 0. The molecule has 0 spiro atoms. The Morgan fingerprint density at radius 1 is 1.21 bits per heavy atom. The lowest BCUT2D eigenvalue weighted by Gasteiger charge is -2.10. The summed E-state index contributed by atoms with van der Waals surface area (Å²) in [4.78, 5) is 14.1. The number of thioether (sulfide) groups is 1. The van der Waals surface area contributed by atoms with Gasteiger partial charge in [-0.15, -0.1) is 21.5 Å². The summed E-state index contributed by atoms with van der Waals surface area (Å²) in [5, 5.41) is 12.2. The normalized spacial score (nSPS) is 10.8. The van der Waals surface area contributed by atoms with Crippen LogP contribution in [0.4, 0.5) is 0 Å². The van der Waals surface area contributed by atoms with Gasteiger partial charge in [-0.05, 0) is 30.9 Å². The first-order valence-electron chi connectivity index (χ1n) is 7.52. The lowest BCUT2D eigenvalue weighted by atomic mass is 10.2. The molecule has 0 aliphatic heterocycles. The number of nitrogens with one attached hydrogen (secondary N) is 1. The zero-order valence-electron chi connectivity index (χ0n) is 13.5. The number of carbonyl (C=O) groups is 1. The van der Waals surface area contributed by atoms with Crippen LogP contribution in [0.2, 0.25) is 0 Å². The number of thiophene rings is 1. The van der Waals surface area contributed by atoms with Crippen LogP contribution in [0.3, 0.4) is 0 Å². The van der Waals surface area contributed by atoms with E-state index in [0.29, 0.717) is 18.0 Å². The number of amides is 1. The Hall–Kier alpha value is -2.12. The van der Waals surface area contributed by atoms with E-state index < -0.39 is 0 Å². The Morgan fingerprint density at radius 2 is 2.00 bits per heavy atom. The van der Waals surface area contributed by atoms with Gasteiger partial charge >= 0.3 is 0 Å². The smallest absolute Gasteiger partial charge is 0.261 e. The molecule has 3 aromatic rings. The number of carbonyl (C=O) groups excluding carboxylic acids is 1. The number of rotatable bonds is 6. The molecule has 0 radical (unpaired) electrons. The minimum atomic E-state index is -0.0759. The Morgan fingerprint density at radius 3 is 2.67 bits per heavy atom. The molecule has 2 heterocycles. The standard InChI is InChI=1S/C17H18N4OS2/c1-12-8-9-14(24-12)16(22)18-10-15-19-20-17(23-2)21(15)11-13-6-4-3-5-7-13/h3-9H,10-11H2,1-2H3,(H,18,22). The summed E-state index contributed by atoms with van der Waals surface area (Å²) in [5.41, 5.74) is 1.18. The minimum absolute atomic E-state index is 0.0759. The molecule has 0 fully saturated rings. The molecule has 3 rings (SSSR count). The molecular formula is C17H18N4OS2. The van der Waals surface area contributed by atoms with Crippen molar-refractivity contribution < 1.29 is 4.79 Å². The fourth-order valence-corrected chi connectivity index (χ4v) is 3.63. The fourth-order valence-electron chi connectivity index (χ4n) is 2.33. The van der Waals surface area contributed by atoms with Crippen LogP contribution in [0.25, 0.3) is 0 Å². The number of hydrogen-bond donors (Lipinski definition) is 1. The highest BCUT2D eigenvalue weighted by atomic mass is 32.2. The van der Waals surface area contributed by atoms with Crippen molar-refractivity contribution >= 4 is 29.0 Å². The quantitative estimate of drug-likeness (QED) is 0.687. The molecule has 0 aliphatic rings. The highest BCUT2D eigenvalue weighted by molar-refractivity contribution is 7.98. The van der Waals surface area contributed by atoms with Crippen LogP contribution in [-0.2, 0) is 13.1 Å². The Kier molecular flexibility index (Phi) is 5.32. The van der Waals surface area contributed by atoms with E-state index in [9.17, 15) is 4.79 Å². The molecular weight excluding hydrogens is 340 g/mol. The maximum absolute atomic E-state index is 12.2. The fraction of sp³-hybridized carbons (Fsp3) is 0.235. The van der Waals surface area contributed by atoms with Gasteiger partial charge in [0, 0.05) is 4.88 Å². The average Bonchev–Trinajstić information content (AvgIpc) is 3.20. The van der Waals surface area contributed by atoms with E-state index in [1.165, 1.54) is 16.9 Å². The van der Waals surface area contributed by atoms with Crippen molar-refractivity contribution in [1.29, 1.82) is 0 Å². The van der Waals surface area contributed by atoms with Crippen LogP contribution in [0.1, 0.15) is 25.9 Å². The lowest BCUT2D eigenvalue weighted by molar-refractivity contribution is 0.0953. The molecule has 1 amide bonds. The van der Waals surface area contributed by atoms with Gasteiger partial charge < -0.3 is 9.88 Å². The number of aryl methyl sites for hydroxylation is 1. The molecule has 0 atom stereocenters. The van der Waals surface area contributed by atoms with E-state index in [-0.39, 0.29) is 5.91 Å². The van der Waals surface area contributed by atoms with Crippen molar-refractivity contribution in [2.45, 2.75) is 25.2 Å². The van der Waals surface area contributed by atoms with Crippen LogP contribution >= 0.6 is 23.1 Å². The van der Waals surface area contributed by atoms with Crippen molar-refractivity contribution in [2.24, 2.45) is 0 Å². The first-order valence-corrected chi connectivity index (χ1v) is 9.56. The van der Waals surface area contributed by atoms with Gasteiger partial charge in [-0.25, -0.2) is 0 Å². The zero-order chi connectivity index (χ0) is 16.9. The highest BCUT2D eigenvalue weighted by Crippen LogP contribution is 2.17. The summed E-state index contributed by atoms with van der Waals surface area (Å²) in [5.74, 6) is 0.679. The highest BCUT2D eigenvalue weighted by Gasteiger charge is 2.14. The molecule has 7 heteroatoms. The van der Waals surface area contributed by atoms with Gasteiger partial charge in [0.1, 0.15) is 0 Å². The number of aromatic nitrogens is 3. The van der Waals surface area contributed by atoms with Crippen molar-refractivity contribution in [1.82, 2.24) is 20.1 Å². The van der Waals surface area contributed by atoms with Crippen molar-refractivity contribution in [3.63, 3.8) is 0 Å². The van der Waals surface area contributed by atoms with Gasteiger partial charge in [0.05, 0.1) is 18.0 Å². The van der Waals surface area contributed by atoms with Crippen molar-refractivity contribution in [3.05, 3.63) is 63.6 Å². The molecule has 5 nitrogen and oxygen atoms in total. The summed E-state index contributed by atoms with van der Waals surface area (Å²) >= 11 is 3.04. The van der Waals surface area contributed by atoms with E-state index in [1.807, 2.05) is 48.1 Å². The Balaban J connectivity index is 1.73. The first kappa shape index (κ1) is 16.7. The second kappa shape index (κ2) is 7.63. The van der Waals surface area contributed by atoms with E-state index >= 15 is 0 Å². The molecule has 1 N–H and O–H groups in total. The third-order valence-corrected chi connectivity index (χ3v) is 5.20. The van der Waals surface area contributed by atoms with Crippen LogP contribution in [0.15, 0.2) is 47.6 Å². The van der Waals surface area contributed by atoms with Gasteiger partial charge in [0.2, 0.25) is 0 Å². The molecule has 1 aromatic carbocycles. The van der Waals surface area contributed by atoms with Gasteiger partial charge in [0.15, 0.2) is 11.0 Å². The van der Waals surface area contributed by atoms with E-state index in [1.54, 1.807) is 11.8 Å². The second-order valence-electron chi connectivity index (χ2n) is 5.27. The van der Waals surface area contributed by atoms with E-state index in [0.717, 1.165) is 15.9 Å². The minimum Gasteiger partial charge on any atom is -0.344 e. The Bertz CT molecular complexity index is 826. The van der Waals surface area contributed by atoms with Gasteiger partial charge in [-0.3, -0.25) is 4.79 Å². The van der Waals surface area contributed by atoms with Gasteiger partial charge in [0.25, 0.3) is 5.91 Å². The molecule has 0 saturated heterocycles. The number of hydrogen-bond acceptors (Lipinski definition) is 5. The summed E-state index contributed by atoms with van der Waals surface area (Å²) in [6, 6.07) is 14.0. The molecule has 0 unspecified atom stereocenters. The maximum atomic E-state index is 12.2. The zero-order valence-corrected chi connectivity index (χ0v) is 15.2. The maximum Gasteiger partial charge on any atom is 0.261 e. The van der Waals surface area contributed by atoms with Crippen LogP contribution in [0, 0.1) is 6.92 Å². The summed E-state index contributed by atoms with van der Waals surface area (Å²) in [6.07, 6.45) is 1.97. The molecule has 24 heavy (non-hydrogen) atoms. The predicted molar refractivity (Wildman–Crippen MR) is 97.6 cm³/mol. The van der Waals surface area contributed by atoms with Crippen molar-refractivity contribution in [2.75, 3.05) is 6.26 Å². The number of nitrogens with zero attached hydrogens (tertiary/aromatic N) is 3. The summed E-state index contributed by atoms with van der Waals surface area (Å²) in [6.45, 7) is 3.03. The van der Waals surface area contributed by atoms with Crippen molar-refractivity contribution in [3.8, 4) is 0 Å². The lowest BCUT2D eigenvalue weighted by Crippen LogP contribution is -2.24. The van der Waals surface area contributed by atoms with Crippen LogP contribution < -0.4 is 5.32 Å². The largest absolute Gasteiger partial charge is 0.344 e. The van der Waals surface area contributed by atoms with E-state index in [2.05, 4.69) is 27.6 Å². The molecule has 124 valence electrons. The predicted octanol–water partition coefficient (Wildman–Crippen LogP) is 3.35. The molecule has 0 aliphatic carbocycles. The third-order valence-electron chi connectivity index (χ3n) is 3.53. The first-order chi connectivity index (χ1) is 11.7. The van der Waals surface area contributed by atoms with Crippen LogP contribution in [0.5, 0.6) is 0 Å². The van der Waals surface area contributed by atoms with Gasteiger partial charge in [-0.2, -0.15) is 0 Å². The monoisotopic (exact) mass is 358 g/mol. The SMILES string of the molecule is CSc1nnc(CNC(=O)c2ccc(C)s2)n1Cc1ccccc1. The molecule has 0 bridgehead atoms. The molecule has 0 saturated carbocycles. The van der Waals surface area contributed by atoms with Gasteiger partial charge in [-0.1, -0.05) is 42.1 Å².